The lowest BCUT2D eigenvalue weighted by Crippen LogP contribution is -2.62. The van der Waals surface area contributed by atoms with Gasteiger partial charge in [-0.25, -0.2) is 0 Å². The molecule has 0 aromatic heterocycles. The minimum atomic E-state index is -1.63. The molecule has 0 unspecified atom stereocenters. The zero-order valence-corrected chi connectivity index (χ0v) is 18.8. The molecule has 0 amide bonds. The summed E-state index contributed by atoms with van der Waals surface area (Å²) in [5.41, 5.74) is 1.13. The van der Waals surface area contributed by atoms with Gasteiger partial charge in [0.2, 0.25) is 0 Å². The van der Waals surface area contributed by atoms with Gasteiger partial charge >= 0.3 is 0 Å². The molecule has 1 aromatic rings. The smallest absolute Gasteiger partial charge is 0.138 e. The molecule has 0 fully saturated rings. The monoisotopic (exact) mass is 390 g/mol. The van der Waals surface area contributed by atoms with E-state index >= 15 is 0 Å². The summed E-state index contributed by atoms with van der Waals surface area (Å²) in [6, 6.07) is 7.93. The van der Waals surface area contributed by atoms with Crippen molar-refractivity contribution in [2.45, 2.75) is 56.0 Å². The molecule has 2 nitrogen and oxygen atoms in total. The highest BCUT2D eigenvalue weighted by Gasteiger charge is 2.66. The predicted molar refractivity (Wildman–Crippen MR) is 106 cm³/mol. The fraction of sp³-hybridized carbons (Fsp3) is 0.600. The molecule has 0 saturated carbocycles. The predicted octanol–water partition coefficient (Wildman–Crippen LogP) is 7.07. The topological polar surface area (TPSA) is 24.7 Å². The molecule has 1 aliphatic heterocycles. The molecule has 22 heavy (non-hydrogen) atoms. The summed E-state index contributed by atoms with van der Waals surface area (Å²) >= 11 is 13.2. The van der Waals surface area contributed by atoms with Gasteiger partial charge in [0, 0.05) is 12.3 Å². The van der Waals surface area contributed by atoms with E-state index in [-0.39, 0.29) is 4.53 Å². The Morgan fingerprint density at radius 3 is 1.73 bits per heavy atom. The van der Waals surface area contributed by atoms with Crippen molar-refractivity contribution in [3.63, 3.8) is 0 Å². The SMILES string of the molecule is C[C@]1(c2ccc(Cl)cc2)N=NC([Si](C)(C)C)([Si](C)(C)C)[P@@]1Cl. The van der Waals surface area contributed by atoms with Crippen molar-refractivity contribution < 1.29 is 0 Å². The van der Waals surface area contributed by atoms with Crippen molar-refractivity contribution in [3.05, 3.63) is 34.9 Å². The first-order valence-corrected chi connectivity index (χ1v) is 17.1. The highest BCUT2D eigenvalue weighted by Crippen LogP contribution is 2.76. The van der Waals surface area contributed by atoms with Gasteiger partial charge in [-0.15, -0.1) is 0 Å². The second kappa shape index (κ2) is 5.66. The van der Waals surface area contributed by atoms with Crippen LogP contribution in [-0.4, -0.2) is 20.7 Å². The maximum absolute atomic E-state index is 7.20. The summed E-state index contributed by atoms with van der Waals surface area (Å²) in [5.74, 6) is 0. The first-order valence-electron chi connectivity index (χ1n) is 7.52. The number of hydrogen-bond acceptors (Lipinski definition) is 2. The Morgan fingerprint density at radius 2 is 1.36 bits per heavy atom. The summed E-state index contributed by atoms with van der Waals surface area (Å²) in [5, 5.41) is 10.1. The largest absolute Gasteiger partial charge is 0.187 e. The van der Waals surface area contributed by atoms with Crippen LogP contribution in [0.4, 0.5) is 0 Å². The zero-order chi connectivity index (χ0) is 17.0. The number of nitrogens with zero attached hydrogens (tertiary/aromatic N) is 2. The molecule has 0 N–H and O–H groups in total. The second-order valence-electron chi connectivity index (χ2n) is 8.18. The van der Waals surface area contributed by atoms with Crippen LogP contribution in [-0.2, 0) is 5.28 Å². The normalized spacial score (nSPS) is 28.1. The Hall–Kier alpha value is 0.264. The van der Waals surface area contributed by atoms with E-state index in [2.05, 4.69) is 46.2 Å². The third kappa shape index (κ3) is 2.65. The highest BCUT2D eigenvalue weighted by molar-refractivity contribution is 7.90. The van der Waals surface area contributed by atoms with Gasteiger partial charge in [-0.3, -0.25) is 0 Å². The number of azo groups is 1. The molecule has 1 aromatic carbocycles. The van der Waals surface area contributed by atoms with Gasteiger partial charge in [0.05, 0.1) is 20.7 Å². The van der Waals surface area contributed by atoms with Crippen molar-refractivity contribution >= 4 is 46.3 Å². The van der Waals surface area contributed by atoms with Crippen molar-refractivity contribution in [3.8, 4) is 0 Å². The number of rotatable bonds is 3. The Morgan fingerprint density at radius 1 is 0.909 bits per heavy atom. The van der Waals surface area contributed by atoms with Crippen LogP contribution in [0.15, 0.2) is 34.5 Å². The van der Waals surface area contributed by atoms with Gasteiger partial charge in [0.15, 0.2) is 0 Å². The lowest BCUT2D eigenvalue weighted by molar-refractivity contribution is 0.697. The van der Waals surface area contributed by atoms with Gasteiger partial charge in [-0.1, -0.05) is 74.3 Å². The lowest BCUT2D eigenvalue weighted by atomic mass is 10.1. The number of hydrogen-bond donors (Lipinski definition) is 0. The van der Waals surface area contributed by atoms with E-state index in [0.717, 1.165) is 10.6 Å². The molecule has 0 bridgehead atoms. The zero-order valence-electron chi connectivity index (χ0n) is 14.4. The van der Waals surface area contributed by atoms with Crippen LogP contribution in [0.25, 0.3) is 0 Å². The minimum Gasteiger partial charge on any atom is -0.187 e. The van der Waals surface area contributed by atoms with E-state index in [0.29, 0.717) is 0 Å². The molecule has 0 spiro atoms. The van der Waals surface area contributed by atoms with Gasteiger partial charge in [-0.05, 0) is 24.6 Å². The lowest BCUT2D eigenvalue weighted by Gasteiger charge is -2.49. The van der Waals surface area contributed by atoms with Crippen molar-refractivity contribution in [2.24, 2.45) is 10.2 Å². The van der Waals surface area contributed by atoms with Gasteiger partial charge < -0.3 is 0 Å². The van der Waals surface area contributed by atoms with Crippen LogP contribution in [0.2, 0.25) is 44.3 Å². The molecule has 0 saturated heterocycles. The minimum absolute atomic E-state index is 0.106. The van der Waals surface area contributed by atoms with E-state index in [1.165, 1.54) is 0 Å². The molecule has 0 aliphatic carbocycles. The van der Waals surface area contributed by atoms with E-state index in [1.54, 1.807) is 0 Å². The molecule has 2 atom stereocenters. The standard InChI is InChI=1S/C15H25Cl2N2PSi2/c1-14(12-8-10-13(16)11-9-12)18-19-15(20(14)17,21(2,3)4)22(5,6)7/h8-11H,1-7H3/t14-,20-/m0/s1. The first kappa shape index (κ1) is 18.6. The second-order valence-corrected chi connectivity index (χ2v) is 23.5. The molecular formula is C15H25Cl2N2PSi2. The van der Waals surface area contributed by atoms with E-state index in [4.69, 9.17) is 33.1 Å². The Labute approximate surface area is 147 Å². The Kier molecular flexibility index (Phi) is 4.79. The summed E-state index contributed by atoms with van der Waals surface area (Å²) in [4.78, 5) is 0. The molecule has 0 radical (unpaired) electrons. The maximum atomic E-state index is 7.20. The van der Waals surface area contributed by atoms with Crippen molar-refractivity contribution in [2.75, 3.05) is 0 Å². The summed E-state index contributed by atoms with van der Waals surface area (Å²) in [6.45, 7) is 16.4. The van der Waals surface area contributed by atoms with E-state index in [9.17, 15) is 0 Å². The fourth-order valence-corrected chi connectivity index (χ4v) is 25.7. The van der Waals surface area contributed by atoms with Crippen LogP contribution in [0.1, 0.15) is 12.5 Å². The summed E-state index contributed by atoms with van der Waals surface area (Å²) in [7, 11) is -4.17. The molecule has 1 aliphatic rings. The van der Waals surface area contributed by atoms with Gasteiger partial charge in [0.1, 0.15) is 5.28 Å². The summed E-state index contributed by atoms with van der Waals surface area (Å²) < 4.78 is -0.106. The maximum Gasteiger partial charge on any atom is 0.138 e. The van der Waals surface area contributed by atoms with Crippen molar-refractivity contribution in [1.29, 1.82) is 0 Å². The Bertz CT molecular complexity index is 579. The molecule has 7 heteroatoms. The van der Waals surface area contributed by atoms with E-state index < -0.39 is 28.7 Å². The quantitative estimate of drug-likeness (QED) is 0.389. The highest BCUT2D eigenvalue weighted by atomic mass is 35.7. The third-order valence-electron chi connectivity index (χ3n) is 4.54. The fourth-order valence-electron chi connectivity index (χ4n) is 3.51. The number of halogens is 2. The van der Waals surface area contributed by atoms with Crippen LogP contribution >= 0.6 is 30.1 Å². The third-order valence-corrected chi connectivity index (χ3v) is 23.4. The average Bonchev–Trinajstić information content (AvgIpc) is 2.64. The van der Waals surface area contributed by atoms with Crippen LogP contribution in [0.3, 0.4) is 0 Å². The van der Waals surface area contributed by atoms with E-state index in [1.807, 2.05) is 24.3 Å². The Balaban J connectivity index is 2.58. The van der Waals surface area contributed by atoms with Crippen LogP contribution < -0.4 is 0 Å². The number of benzene rings is 1. The molecule has 122 valence electrons. The van der Waals surface area contributed by atoms with Crippen LogP contribution in [0.5, 0.6) is 0 Å². The van der Waals surface area contributed by atoms with Crippen LogP contribution in [0, 0.1) is 0 Å². The van der Waals surface area contributed by atoms with Crippen molar-refractivity contribution in [1.82, 2.24) is 0 Å². The summed E-state index contributed by atoms with van der Waals surface area (Å²) in [6.07, 6.45) is 0. The first-order chi connectivity index (χ1) is 9.86. The molecular weight excluding hydrogens is 366 g/mol. The van der Waals surface area contributed by atoms with Gasteiger partial charge in [0.25, 0.3) is 0 Å². The average molecular weight is 391 g/mol. The molecule has 1 heterocycles. The van der Waals surface area contributed by atoms with Gasteiger partial charge in [-0.2, -0.15) is 10.2 Å². The molecule has 2 rings (SSSR count).